The molecule has 0 spiro atoms. The standard InChI is InChI=1S/C21H26N2O4/c24-21(16-22-15-20-7-4-12-25-20)23-17-8-10-19(11-9-17)27-14-13-26-18-5-2-1-3-6-18/h1-3,5-6,8-11,20,22H,4,7,12-16H2,(H,23,24). The third-order valence-corrected chi connectivity index (χ3v) is 4.18. The molecule has 1 amide bonds. The Bertz CT molecular complexity index is 685. The van der Waals surface area contributed by atoms with E-state index in [2.05, 4.69) is 10.6 Å². The first-order chi connectivity index (χ1) is 13.3. The predicted octanol–water partition coefficient (Wildman–Crippen LogP) is 2.85. The first-order valence-corrected chi connectivity index (χ1v) is 9.32. The van der Waals surface area contributed by atoms with Gasteiger partial charge in [0.25, 0.3) is 0 Å². The van der Waals surface area contributed by atoms with Crippen LogP contribution < -0.4 is 20.1 Å². The SMILES string of the molecule is O=C(CNCC1CCCO1)Nc1ccc(OCCOc2ccccc2)cc1. The molecule has 1 saturated heterocycles. The molecule has 1 heterocycles. The maximum Gasteiger partial charge on any atom is 0.238 e. The van der Waals surface area contributed by atoms with Gasteiger partial charge in [-0.15, -0.1) is 0 Å². The summed E-state index contributed by atoms with van der Waals surface area (Å²) in [4.78, 5) is 12.0. The molecular weight excluding hydrogens is 344 g/mol. The van der Waals surface area contributed by atoms with Gasteiger partial charge in [-0.1, -0.05) is 18.2 Å². The number of para-hydroxylation sites is 1. The number of nitrogens with one attached hydrogen (secondary N) is 2. The number of ether oxygens (including phenoxy) is 3. The first kappa shape index (κ1) is 19.2. The second-order valence-electron chi connectivity index (χ2n) is 6.35. The summed E-state index contributed by atoms with van der Waals surface area (Å²) in [5, 5.41) is 5.99. The summed E-state index contributed by atoms with van der Waals surface area (Å²) >= 11 is 0. The number of carbonyl (C=O) groups is 1. The topological polar surface area (TPSA) is 68.8 Å². The van der Waals surface area contributed by atoms with Crippen LogP contribution in [0.25, 0.3) is 0 Å². The molecule has 0 bridgehead atoms. The van der Waals surface area contributed by atoms with Gasteiger partial charge in [0.1, 0.15) is 24.7 Å². The largest absolute Gasteiger partial charge is 0.490 e. The predicted molar refractivity (Wildman–Crippen MR) is 104 cm³/mol. The number of anilines is 1. The third kappa shape index (κ3) is 6.92. The molecule has 1 aliphatic heterocycles. The zero-order valence-electron chi connectivity index (χ0n) is 15.4. The number of rotatable bonds is 10. The van der Waals surface area contributed by atoms with Gasteiger partial charge in [0.2, 0.25) is 5.91 Å². The van der Waals surface area contributed by atoms with E-state index in [0.717, 1.165) is 36.6 Å². The van der Waals surface area contributed by atoms with E-state index in [-0.39, 0.29) is 18.6 Å². The van der Waals surface area contributed by atoms with E-state index in [1.165, 1.54) is 0 Å². The van der Waals surface area contributed by atoms with Crippen molar-refractivity contribution in [2.24, 2.45) is 0 Å². The monoisotopic (exact) mass is 370 g/mol. The number of hydrogen-bond donors (Lipinski definition) is 2. The normalized spacial score (nSPS) is 16.1. The lowest BCUT2D eigenvalue weighted by molar-refractivity contribution is -0.115. The summed E-state index contributed by atoms with van der Waals surface area (Å²) in [5.74, 6) is 1.49. The average Bonchev–Trinajstić information content (AvgIpc) is 3.21. The lowest BCUT2D eigenvalue weighted by atomic mass is 10.2. The van der Waals surface area contributed by atoms with E-state index in [9.17, 15) is 4.79 Å². The van der Waals surface area contributed by atoms with Gasteiger partial charge in [-0.05, 0) is 49.2 Å². The Hall–Kier alpha value is -2.57. The molecule has 2 N–H and O–H groups in total. The van der Waals surface area contributed by atoms with Crippen molar-refractivity contribution in [3.05, 3.63) is 54.6 Å². The van der Waals surface area contributed by atoms with Gasteiger partial charge in [-0.2, -0.15) is 0 Å². The summed E-state index contributed by atoms with van der Waals surface area (Å²) in [6.45, 7) is 2.73. The highest BCUT2D eigenvalue weighted by atomic mass is 16.5. The van der Waals surface area contributed by atoms with Gasteiger partial charge < -0.3 is 24.8 Å². The van der Waals surface area contributed by atoms with E-state index >= 15 is 0 Å². The molecule has 1 unspecified atom stereocenters. The molecule has 2 aromatic rings. The van der Waals surface area contributed by atoms with E-state index in [4.69, 9.17) is 14.2 Å². The Balaban J connectivity index is 1.31. The summed E-state index contributed by atoms with van der Waals surface area (Å²) in [7, 11) is 0. The maximum absolute atomic E-state index is 12.0. The summed E-state index contributed by atoms with van der Waals surface area (Å²) in [6, 6.07) is 16.9. The van der Waals surface area contributed by atoms with Crippen LogP contribution in [0, 0.1) is 0 Å². The molecule has 1 aliphatic rings. The number of hydrogen-bond acceptors (Lipinski definition) is 5. The van der Waals surface area contributed by atoms with E-state index in [1.807, 2.05) is 54.6 Å². The first-order valence-electron chi connectivity index (χ1n) is 9.32. The highest BCUT2D eigenvalue weighted by Crippen LogP contribution is 2.16. The Kier molecular flexibility index (Phi) is 7.50. The molecule has 0 saturated carbocycles. The van der Waals surface area contributed by atoms with Gasteiger partial charge in [-0.3, -0.25) is 4.79 Å². The highest BCUT2D eigenvalue weighted by Gasteiger charge is 2.15. The smallest absolute Gasteiger partial charge is 0.238 e. The van der Waals surface area contributed by atoms with Crippen LogP contribution in [-0.4, -0.2) is 44.9 Å². The second-order valence-corrected chi connectivity index (χ2v) is 6.35. The zero-order chi connectivity index (χ0) is 18.7. The van der Waals surface area contributed by atoms with Gasteiger partial charge in [0.15, 0.2) is 0 Å². The van der Waals surface area contributed by atoms with Crippen molar-refractivity contribution in [2.45, 2.75) is 18.9 Å². The second kappa shape index (κ2) is 10.5. The molecule has 6 nitrogen and oxygen atoms in total. The van der Waals surface area contributed by atoms with Crippen LogP contribution in [0.1, 0.15) is 12.8 Å². The van der Waals surface area contributed by atoms with Crippen molar-refractivity contribution in [1.82, 2.24) is 5.32 Å². The maximum atomic E-state index is 12.0. The average molecular weight is 370 g/mol. The van der Waals surface area contributed by atoms with Crippen LogP contribution in [0.5, 0.6) is 11.5 Å². The fourth-order valence-corrected chi connectivity index (χ4v) is 2.83. The van der Waals surface area contributed by atoms with Crippen LogP contribution >= 0.6 is 0 Å². The molecular formula is C21H26N2O4. The van der Waals surface area contributed by atoms with Crippen molar-refractivity contribution in [2.75, 3.05) is 38.2 Å². The molecule has 144 valence electrons. The Morgan fingerprint density at radius 1 is 1.00 bits per heavy atom. The van der Waals surface area contributed by atoms with Crippen molar-refractivity contribution in [3.8, 4) is 11.5 Å². The molecule has 2 aromatic carbocycles. The molecule has 27 heavy (non-hydrogen) atoms. The quantitative estimate of drug-likeness (QED) is 0.630. The van der Waals surface area contributed by atoms with Gasteiger partial charge in [-0.25, -0.2) is 0 Å². The fraction of sp³-hybridized carbons (Fsp3) is 0.381. The Labute approximate surface area is 159 Å². The van der Waals surface area contributed by atoms with Gasteiger partial charge in [0.05, 0.1) is 12.6 Å². The minimum atomic E-state index is -0.0714. The lowest BCUT2D eigenvalue weighted by Gasteiger charge is -2.11. The summed E-state index contributed by atoms with van der Waals surface area (Å²) in [5.41, 5.74) is 0.742. The molecule has 0 aromatic heterocycles. The number of benzene rings is 2. The fourth-order valence-electron chi connectivity index (χ4n) is 2.83. The van der Waals surface area contributed by atoms with Crippen molar-refractivity contribution >= 4 is 11.6 Å². The van der Waals surface area contributed by atoms with Crippen molar-refractivity contribution in [1.29, 1.82) is 0 Å². The molecule has 0 radical (unpaired) electrons. The molecule has 6 heteroatoms. The minimum absolute atomic E-state index is 0.0714. The minimum Gasteiger partial charge on any atom is -0.490 e. The molecule has 3 rings (SSSR count). The zero-order valence-corrected chi connectivity index (χ0v) is 15.4. The third-order valence-electron chi connectivity index (χ3n) is 4.18. The van der Waals surface area contributed by atoms with Crippen LogP contribution in [0.4, 0.5) is 5.69 Å². The van der Waals surface area contributed by atoms with Crippen LogP contribution in [-0.2, 0) is 9.53 Å². The van der Waals surface area contributed by atoms with E-state index in [1.54, 1.807) is 0 Å². The molecule has 1 atom stereocenters. The number of carbonyl (C=O) groups excluding carboxylic acids is 1. The van der Waals surface area contributed by atoms with Crippen molar-refractivity contribution in [3.63, 3.8) is 0 Å². The van der Waals surface area contributed by atoms with Gasteiger partial charge >= 0.3 is 0 Å². The van der Waals surface area contributed by atoms with Gasteiger partial charge in [0, 0.05) is 18.8 Å². The van der Waals surface area contributed by atoms with E-state index in [0.29, 0.717) is 19.8 Å². The van der Waals surface area contributed by atoms with Crippen LogP contribution in [0.3, 0.4) is 0 Å². The molecule has 0 aliphatic carbocycles. The Morgan fingerprint density at radius 3 is 2.37 bits per heavy atom. The van der Waals surface area contributed by atoms with Crippen LogP contribution in [0.2, 0.25) is 0 Å². The van der Waals surface area contributed by atoms with Crippen molar-refractivity contribution < 1.29 is 19.0 Å². The highest BCUT2D eigenvalue weighted by molar-refractivity contribution is 5.92. The number of amides is 1. The Morgan fingerprint density at radius 2 is 1.70 bits per heavy atom. The molecule has 1 fully saturated rings. The summed E-state index contributed by atoms with van der Waals surface area (Å²) in [6.07, 6.45) is 2.40. The van der Waals surface area contributed by atoms with E-state index < -0.39 is 0 Å². The lowest BCUT2D eigenvalue weighted by Crippen LogP contribution is -2.33. The summed E-state index contributed by atoms with van der Waals surface area (Å²) < 4.78 is 16.7. The van der Waals surface area contributed by atoms with Crippen LogP contribution in [0.15, 0.2) is 54.6 Å².